The summed E-state index contributed by atoms with van der Waals surface area (Å²) in [6.07, 6.45) is 7.57. The minimum Gasteiger partial charge on any atom is -0.392 e. The lowest BCUT2D eigenvalue weighted by molar-refractivity contribution is 0.0904. The number of hydrogen-bond acceptors (Lipinski definition) is 5. The normalized spacial score (nSPS) is 18.8. The second-order valence-corrected chi connectivity index (χ2v) is 7.37. The molecule has 6 nitrogen and oxygen atoms in total. The highest BCUT2D eigenvalue weighted by molar-refractivity contribution is 5.91. The van der Waals surface area contributed by atoms with E-state index in [1.807, 2.05) is 75.0 Å². The van der Waals surface area contributed by atoms with Gasteiger partial charge in [0.25, 0.3) is 0 Å². The summed E-state index contributed by atoms with van der Waals surface area (Å²) in [7, 11) is 0. The number of aromatic amines is 1. The lowest BCUT2D eigenvalue weighted by Crippen LogP contribution is -2.16. The van der Waals surface area contributed by atoms with Gasteiger partial charge in [0.2, 0.25) is 0 Å². The van der Waals surface area contributed by atoms with Crippen molar-refractivity contribution in [3.63, 3.8) is 0 Å². The molecular weight excluding hydrogens is 362 g/mol. The molecule has 4 aromatic heterocycles. The number of rotatable bonds is 4. The molecule has 4 aromatic rings. The number of oxime groups is 1. The van der Waals surface area contributed by atoms with Crippen molar-refractivity contribution in [2.75, 3.05) is 0 Å². The van der Waals surface area contributed by atoms with Crippen molar-refractivity contribution in [3.8, 4) is 0 Å². The number of nitrogens with one attached hydrogen (secondary N) is 1. The van der Waals surface area contributed by atoms with Crippen LogP contribution in [0.15, 0.2) is 72.4 Å². The zero-order chi connectivity index (χ0) is 19.8. The van der Waals surface area contributed by atoms with Gasteiger partial charge in [0, 0.05) is 30.2 Å². The van der Waals surface area contributed by atoms with Crippen molar-refractivity contribution in [1.29, 1.82) is 0 Å². The number of hydrogen-bond donors (Lipinski definition) is 1. The van der Waals surface area contributed by atoms with Crippen LogP contribution in [0.4, 0.5) is 0 Å². The van der Waals surface area contributed by atoms with E-state index in [0.717, 1.165) is 39.3 Å². The van der Waals surface area contributed by atoms with Crippen LogP contribution in [0.5, 0.6) is 0 Å². The van der Waals surface area contributed by atoms with E-state index in [1.165, 1.54) is 0 Å². The molecule has 0 fully saturated rings. The van der Waals surface area contributed by atoms with E-state index in [4.69, 9.17) is 4.84 Å². The summed E-state index contributed by atoms with van der Waals surface area (Å²) in [6, 6.07) is 14.2. The van der Waals surface area contributed by atoms with E-state index in [1.54, 1.807) is 0 Å². The zero-order valence-corrected chi connectivity index (χ0v) is 16.3. The summed E-state index contributed by atoms with van der Waals surface area (Å²) < 4.78 is 0. The first kappa shape index (κ1) is 17.6. The predicted octanol–water partition coefficient (Wildman–Crippen LogP) is 4.41. The fourth-order valence-electron chi connectivity index (χ4n) is 4.15. The molecule has 0 spiro atoms. The Morgan fingerprint density at radius 2 is 1.72 bits per heavy atom. The Hall–Kier alpha value is -3.54. The first-order valence-corrected chi connectivity index (χ1v) is 9.71. The van der Waals surface area contributed by atoms with Crippen LogP contribution in [0.1, 0.15) is 48.2 Å². The maximum atomic E-state index is 5.47. The third kappa shape index (κ3) is 3.06. The maximum Gasteiger partial charge on any atom is 0.137 e. The van der Waals surface area contributed by atoms with Crippen LogP contribution in [0.2, 0.25) is 0 Å². The molecule has 0 aliphatic carbocycles. The molecule has 144 valence electrons. The van der Waals surface area contributed by atoms with Gasteiger partial charge in [-0.3, -0.25) is 9.97 Å². The molecule has 1 aliphatic rings. The molecule has 0 aromatic carbocycles. The molecule has 2 unspecified atom stereocenters. The SMILES string of the molecule is CC1=NOC(C)C1c1cnc2[nH]cc(C(c3ccccn3)c3ccccn3)c2c1. The molecule has 2 atom stereocenters. The van der Waals surface area contributed by atoms with Gasteiger partial charge in [-0.15, -0.1) is 0 Å². The third-order valence-electron chi connectivity index (χ3n) is 5.50. The van der Waals surface area contributed by atoms with Crippen molar-refractivity contribution < 1.29 is 4.84 Å². The Morgan fingerprint density at radius 3 is 2.31 bits per heavy atom. The van der Waals surface area contributed by atoms with Crippen LogP contribution < -0.4 is 0 Å². The quantitative estimate of drug-likeness (QED) is 0.566. The smallest absolute Gasteiger partial charge is 0.137 e. The van der Waals surface area contributed by atoms with Crippen molar-refractivity contribution in [2.24, 2.45) is 5.16 Å². The molecular formula is C23H21N5O. The van der Waals surface area contributed by atoms with E-state index in [0.29, 0.717) is 0 Å². The van der Waals surface area contributed by atoms with Gasteiger partial charge in [-0.1, -0.05) is 17.3 Å². The minimum atomic E-state index is -0.0878. The molecule has 5 rings (SSSR count). The minimum absolute atomic E-state index is 0.000909. The molecule has 1 aliphatic heterocycles. The highest BCUT2D eigenvalue weighted by Gasteiger charge is 2.31. The highest BCUT2D eigenvalue weighted by Crippen LogP contribution is 2.36. The molecule has 29 heavy (non-hydrogen) atoms. The van der Waals surface area contributed by atoms with Crippen molar-refractivity contribution in [3.05, 3.63) is 89.8 Å². The summed E-state index contributed by atoms with van der Waals surface area (Å²) in [4.78, 5) is 22.7. The van der Waals surface area contributed by atoms with Gasteiger partial charge in [-0.2, -0.15) is 0 Å². The van der Waals surface area contributed by atoms with Crippen LogP contribution in [0.25, 0.3) is 11.0 Å². The lowest BCUT2D eigenvalue weighted by atomic mass is 9.88. The van der Waals surface area contributed by atoms with Crippen LogP contribution in [-0.4, -0.2) is 31.8 Å². The number of pyridine rings is 3. The largest absolute Gasteiger partial charge is 0.392 e. The first-order chi connectivity index (χ1) is 14.2. The van der Waals surface area contributed by atoms with Crippen molar-refractivity contribution in [2.45, 2.75) is 31.8 Å². The molecule has 0 saturated heterocycles. The Morgan fingerprint density at radius 1 is 1.00 bits per heavy atom. The molecule has 1 N–H and O–H groups in total. The van der Waals surface area contributed by atoms with Gasteiger partial charge in [0.05, 0.1) is 28.9 Å². The van der Waals surface area contributed by atoms with Gasteiger partial charge in [-0.25, -0.2) is 4.98 Å². The Bertz CT molecular complexity index is 1130. The fourth-order valence-corrected chi connectivity index (χ4v) is 4.15. The van der Waals surface area contributed by atoms with Crippen LogP contribution in [0.3, 0.4) is 0 Å². The summed E-state index contributed by atoms with van der Waals surface area (Å²) >= 11 is 0. The zero-order valence-electron chi connectivity index (χ0n) is 16.3. The van der Waals surface area contributed by atoms with Crippen LogP contribution in [-0.2, 0) is 4.84 Å². The summed E-state index contributed by atoms with van der Waals surface area (Å²) in [5.41, 5.74) is 5.93. The van der Waals surface area contributed by atoms with Crippen molar-refractivity contribution >= 4 is 16.7 Å². The topological polar surface area (TPSA) is 76.1 Å². The molecule has 6 heteroatoms. The average Bonchev–Trinajstić information content (AvgIpc) is 3.32. The number of H-pyrrole nitrogens is 1. The predicted molar refractivity (Wildman–Crippen MR) is 112 cm³/mol. The Balaban J connectivity index is 1.68. The van der Waals surface area contributed by atoms with Gasteiger partial charge in [0.1, 0.15) is 11.8 Å². The van der Waals surface area contributed by atoms with Crippen LogP contribution >= 0.6 is 0 Å². The third-order valence-corrected chi connectivity index (χ3v) is 5.50. The van der Waals surface area contributed by atoms with Crippen molar-refractivity contribution in [1.82, 2.24) is 19.9 Å². The Labute approximate surface area is 168 Å². The van der Waals surface area contributed by atoms with E-state index in [9.17, 15) is 0 Å². The van der Waals surface area contributed by atoms with E-state index in [2.05, 4.69) is 31.2 Å². The van der Waals surface area contributed by atoms with Gasteiger partial charge in [-0.05, 0) is 55.3 Å². The van der Waals surface area contributed by atoms with E-state index < -0.39 is 0 Å². The maximum absolute atomic E-state index is 5.47. The Kier molecular flexibility index (Phi) is 4.31. The summed E-state index contributed by atoms with van der Waals surface area (Å²) in [5, 5.41) is 5.22. The number of nitrogens with zero attached hydrogens (tertiary/aromatic N) is 4. The van der Waals surface area contributed by atoms with Gasteiger partial charge in [0.15, 0.2) is 0 Å². The van der Waals surface area contributed by atoms with E-state index >= 15 is 0 Å². The number of aromatic nitrogens is 4. The molecule has 5 heterocycles. The molecule has 0 saturated carbocycles. The average molecular weight is 383 g/mol. The second kappa shape index (κ2) is 7.13. The van der Waals surface area contributed by atoms with E-state index in [-0.39, 0.29) is 17.9 Å². The summed E-state index contributed by atoms with van der Waals surface area (Å²) in [5.74, 6) is 0.0213. The first-order valence-electron chi connectivity index (χ1n) is 9.71. The molecule has 0 radical (unpaired) electrons. The number of fused-ring (bicyclic) bond motifs is 1. The molecule has 0 bridgehead atoms. The monoisotopic (exact) mass is 383 g/mol. The van der Waals surface area contributed by atoms with Crippen LogP contribution in [0, 0.1) is 0 Å². The fraction of sp³-hybridized carbons (Fsp3) is 0.217. The summed E-state index contributed by atoms with van der Waals surface area (Å²) in [6.45, 7) is 4.04. The highest BCUT2D eigenvalue weighted by atomic mass is 16.6. The van der Waals surface area contributed by atoms with Gasteiger partial charge >= 0.3 is 0 Å². The standard InChI is InChI=1S/C23H21N5O/c1-14-21(15(2)29-28-14)16-11-17-18(13-27-23(17)26-12-16)22(19-7-3-5-9-24-19)20-8-4-6-10-25-20/h3-13,15,21-22H,1-2H3,(H,26,27). The molecule has 0 amide bonds. The second-order valence-electron chi connectivity index (χ2n) is 7.37. The lowest BCUT2D eigenvalue weighted by Gasteiger charge is -2.17. The van der Waals surface area contributed by atoms with Gasteiger partial charge < -0.3 is 9.82 Å².